The van der Waals surface area contributed by atoms with E-state index in [1.807, 2.05) is 6.08 Å². The molecule has 3 fully saturated rings. The molecule has 0 spiro atoms. The molecule has 11 N–H and O–H groups in total. The summed E-state index contributed by atoms with van der Waals surface area (Å²) in [7, 11) is -5.72. The first-order valence-corrected chi connectivity index (χ1v) is 39.8. The van der Waals surface area contributed by atoms with Crippen molar-refractivity contribution in [2.75, 3.05) is 26.4 Å². The number of carbonyl (C=O) groups excluding carboxylic acids is 3. The Morgan fingerprint density at radius 3 is 1.21 bits per heavy atom. The van der Waals surface area contributed by atoms with Crippen LogP contribution in [0.25, 0.3) is 0 Å². The fourth-order valence-electron chi connectivity index (χ4n) is 12.5. The molecule has 0 radical (unpaired) electrons. The number of rotatable bonds is 59. The van der Waals surface area contributed by atoms with Crippen molar-refractivity contribution in [3.8, 4) is 0 Å². The molecule has 0 amide bonds. The number of aliphatic hydroxyl groups is 10. The maximum absolute atomic E-state index is 14.3. The van der Waals surface area contributed by atoms with Gasteiger partial charge in [-0.15, -0.1) is 0 Å². The Hall–Kier alpha value is -2.82. The Balaban J connectivity index is 1.75. The van der Waals surface area contributed by atoms with Crippen LogP contribution in [0.1, 0.15) is 284 Å². The summed E-state index contributed by atoms with van der Waals surface area (Å²) in [6.07, 6.45) is 18.5. The highest BCUT2D eigenvalue weighted by Crippen LogP contribution is 2.49. The minimum atomic E-state index is -5.72. The summed E-state index contributed by atoms with van der Waals surface area (Å²) in [5.74, 6) is -2.26. The first-order valence-electron chi connectivity index (χ1n) is 38.3. The van der Waals surface area contributed by atoms with E-state index in [9.17, 15) is 74.9 Å². The lowest BCUT2D eigenvalue weighted by Crippen LogP contribution is -2.69. The molecule has 0 bridgehead atoms. The maximum Gasteiger partial charge on any atom is 0.472 e. The lowest BCUT2D eigenvalue weighted by atomic mass is 9.84. The van der Waals surface area contributed by atoms with Crippen molar-refractivity contribution in [2.45, 2.75) is 388 Å². The van der Waals surface area contributed by atoms with Crippen LogP contribution in [0, 0.1) is 0 Å². The van der Waals surface area contributed by atoms with Gasteiger partial charge in [0.2, 0.25) is 0 Å². The van der Waals surface area contributed by atoms with Crippen LogP contribution in [0.4, 0.5) is 0 Å². The number of unbranched alkanes of at least 4 members (excludes halogenated alkanes) is 35. The zero-order valence-electron chi connectivity index (χ0n) is 60.3. The number of phosphoric acid groups is 1. The van der Waals surface area contributed by atoms with Gasteiger partial charge in [0.15, 0.2) is 18.7 Å². The predicted octanol–water partition coefficient (Wildman–Crippen LogP) is 10.7. The molecular weight excluding hydrogens is 1300 g/mol. The number of aliphatic hydroxyl groups excluding tert-OH is 10. The van der Waals surface area contributed by atoms with Crippen LogP contribution >= 0.6 is 7.82 Å². The summed E-state index contributed by atoms with van der Waals surface area (Å²) < 4.78 is 64.8. The summed E-state index contributed by atoms with van der Waals surface area (Å²) in [5.41, 5.74) is 0. The molecule has 24 nitrogen and oxygen atoms in total. The maximum atomic E-state index is 14.3. The van der Waals surface area contributed by atoms with Gasteiger partial charge in [-0.05, 0) is 51.4 Å². The highest BCUT2D eigenvalue weighted by molar-refractivity contribution is 7.47. The summed E-state index contributed by atoms with van der Waals surface area (Å²) in [4.78, 5) is 50.9. The van der Waals surface area contributed by atoms with Gasteiger partial charge in [-0.25, -0.2) is 9.36 Å². The summed E-state index contributed by atoms with van der Waals surface area (Å²) in [5, 5.41) is 110. The first kappa shape index (κ1) is 90.4. The Kier molecular flexibility index (Phi) is 50.8. The molecule has 18 unspecified atom stereocenters. The van der Waals surface area contributed by atoms with Crippen molar-refractivity contribution >= 4 is 25.7 Å². The second kappa shape index (κ2) is 55.6. The van der Waals surface area contributed by atoms with Crippen LogP contribution in [0.2, 0.25) is 0 Å². The molecule has 25 heteroatoms. The van der Waals surface area contributed by atoms with Crippen molar-refractivity contribution in [3.05, 3.63) is 36.5 Å². The summed E-state index contributed by atoms with van der Waals surface area (Å²) >= 11 is 0. The zero-order valence-corrected chi connectivity index (χ0v) is 61.2. The minimum absolute atomic E-state index is 0.00413. The van der Waals surface area contributed by atoms with Crippen molar-refractivity contribution < 1.29 is 117 Å². The van der Waals surface area contributed by atoms with E-state index >= 15 is 0 Å². The summed E-state index contributed by atoms with van der Waals surface area (Å²) in [6, 6.07) is 0. The van der Waals surface area contributed by atoms with Gasteiger partial charge in [-0.2, -0.15) is 0 Å². The number of hydrogen-bond donors (Lipinski definition) is 11. The Morgan fingerprint density at radius 1 is 0.414 bits per heavy atom. The average Bonchev–Trinajstić information content (AvgIpc) is 0.763. The van der Waals surface area contributed by atoms with Crippen molar-refractivity contribution in [1.82, 2.24) is 0 Å². The fourth-order valence-corrected chi connectivity index (χ4v) is 13.4. The predicted molar refractivity (Wildman–Crippen MR) is 374 cm³/mol. The SMILES string of the molecule is CCCCCCCC/C=C\CCCCCC(=O)OCC1OC(OC2C(O)C(O)C(O)C(OC3OC(CO)C(O)C(O)C3O)C2OP(=O)(O)OCC(COC(=O)CCCCCCCCCCCCCCCCCC)OC(=O)/C=C/C=C/CCCCCCCCCCCCC)C(O)C(O)C1O. The van der Waals surface area contributed by atoms with Crippen LogP contribution in [-0.2, 0) is 61.2 Å². The van der Waals surface area contributed by atoms with Gasteiger partial charge in [0, 0.05) is 18.9 Å². The number of esters is 3. The van der Waals surface area contributed by atoms with Crippen LogP contribution in [0.5, 0.6) is 0 Å². The van der Waals surface area contributed by atoms with Gasteiger partial charge in [-0.1, -0.05) is 250 Å². The molecule has 2 saturated heterocycles. The fraction of sp³-hybridized carbons (Fsp3) is 0.878. The quantitative estimate of drug-likeness (QED) is 0.00512. The van der Waals surface area contributed by atoms with Crippen LogP contribution in [-0.4, -0.2) is 204 Å². The molecule has 578 valence electrons. The Labute approximate surface area is 591 Å². The van der Waals surface area contributed by atoms with Gasteiger partial charge < -0.3 is 89.1 Å². The third kappa shape index (κ3) is 38.7. The van der Waals surface area contributed by atoms with E-state index in [1.165, 1.54) is 154 Å². The molecular formula is C74H133O24P. The van der Waals surface area contributed by atoms with E-state index in [-0.39, 0.29) is 12.8 Å². The highest BCUT2D eigenvalue weighted by atomic mass is 31.2. The average molecular weight is 1440 g/mol. The largest absolute Gasteiger partial charge is 0.472 e. The molecule has 3 rings (SSSR count). The van der Waals surface area contributed by atoms with E-state index in [0.29, 0.717) is 12.8 Å². The molecule has 99 heavy (non-hydrogen) atoms. The first-order chi connectivity index (χ1) is 47.8. The van der Waals surface area contributed by atoms with Crippen molar-refractivity contribution in [1.29, 1.82) is 0 Å². The Morgan fingerprint density at radius 2 is 0.778 bits per heavy atom. The molecule has 0 aromatic heterocycles. The van der Waals surface area contributed by atoms with Gasteiger partial charge >= 0.3 is 25.7 Å². The molecule has 3 aliphatic rings. The molecule has 0 aromatic rings. The van der Waals surface area contributed by atoms with E-state index in [0.717, 1.165) is 96.0 Å². The Bertz CT molecular complexity index is 2190. The third-order valence-electron chi connectivity index (χ3n) is 18.8. The van der Waals surface area contributed by atoms with Gasteiger partial charge in [0.25, 0.3) is 0 Å². The van der Waals surface area contributed by atoms with Gasteiger partial charge in [0.1, 0.15) is 98.7 Å². The number of phosphoric ester groups is 1. The second-order valence-corrected chi connectivity index (χ2v) is 28.8. The van der Waals surface area contributed by atoms with Crippen LogP contribution in [0.15, 0.2) is 36.5 Å². The zero-order chi connectivity index (χ0) is 72.5. The normalized spacial score (nSPS) is 27.7. The number of allylic oxidation sites excluding steroid dienone is 5. The minimum Gasteiger partial charge on any atom is -0.463 e. The highest BCUT2D eigenvalue weighted by Gasteiger charge is 2.58. The standard InChI is InChI=1S/C74H133O24P/c1-4-7-10-13-16-19-22-25-27-29-31-34-36-39-42-45-48-58(76)90-52-55(93-60(78)50-47-44-41-38-35-32-28-26-23-20-17-14-11-8-5-2)53-92-99(88,89)98-72-70(96-73-68(86)63(81)61(79)56(51-75)94-73)66(84)65(83)67(85)71(72)97-74-69(87)64(82)62(80)57(95-74)54-91-59(77)49-46-43-40-37-33-30-24-21-18-15-12-9-6-3/h30,33,41,44,47,50,55-57,61-75,79-87H,4-29,31-32,34-40,42-43,45-46,48-49,51-54H2,1-3H3,(H,88,89)/b33-30-,44-41+,50-47+. The van der Waals surface area contributed by atoms with Crippen LogP contribution in [0.3, 0.4) is 0 Å². The smallest absolute Gasteiger partial charge is 0.463 e. The number of carbonyl (C=O) groups is 3. The molecule has 2 aliphatic heterocycles. The van der Waals surface area contributed by atoms with Crippen molar-refractivity contribution in [3.63, 3.8) is 0 Å². The van der Waals surface area contributed by atoms with E-state index in [4.69, 9.17) is 42.2 Å². The van der Waals surface area contributed by atoms with Crippen LogP contribution < -0.4 is 0 Å². The lowest BCUT2D eigenvalue weighted by molar-refractivity contribution is -0.360. The van der Waals surface area contributed by atoms with Gasteiger partial charge in [-0.3, -0.25) is 18.6 Å². The molecule has 2 heterocycles. The molecule has 1 aliphatic carbocycles. The number of ether oxygens (including phenoxy) is 7. The number of hydrogen-bond acceptors (Lipinski definition) is 23. The molecule has 18 atom stereocenters. The lowest BCUT2D eigenvalue weighted by Gasteiger charge is -2.49. The van der Waals surface area contributed by atoms with Crippen molar-refractivity contribution in [2.24, 2.45) is 0 Å². The van der Waals surface area contributed by atoms with E-state index < -0.39 is 156 Å². The monoisotopic (exact) mass is 1440 g/mol. The van der Waals surface area contributed by atoms with E-state index in [2.05, 4.69) is 32.9 Å². The summed E-state index contributed by atoms with van der Waals surface area (Å²) in [6.45, 7) is 3.33. The molecule has 1 saturated carbocycles. The topological polar surface area (TPSA) is 374 Å². The third-order valence-corrected chi connectivity index (χ3v) is 19.7. The molecule has 0 aromatic carbocycles. The van der Waals surface area contributed by atoms with Gasteiger partial charge in [0.05, 0.1) is 13.2 Å². The second-order valence-electron chi connectivity index (χ2n) is 27.4. The van der Waals surface area contributed by atoms with E-state index in [1.54, 1.807) is 6.08 Å².